The first-order chi connectivity index (χ1) is 11.5. The van der Waals surface area contributed by atoms with E-state index in [9.17, 15) is 14.9 Å². The monoisotopic (exact) mass is 346 g/mol. The largest absolute Gasteiger partial charge is 0.353 e. The second kappa shape index (κ2) is 6.45. The number of carbonyl (C=O) groups is 1. The summed E-state index contributed by atoms with van der Waals surface area (Å²) in [5, 5.41) is 14.6. The summed E-state index contributed by atoms with van der Waals surface area (Å²) < 4.78 is 0. The molecule has 1 unspecified atom stereocenters. The fraction of sp³-hybridized carbons (Fsp3) is 0.250. The highest BCUT2D eigenvalue weighted by atomic mass is 35.5. The van der Waals surface area contributed by atoms with Gasteiger partial charge in [-0.3, -0.25) is 14.9 Å². The SMILES string of the molecule is Cc1cnc(NC2CCN(c3cccc(Cl)c3)C2=O)c([N+](=O)[O-])c1. The molecule has 1 amide bonds. The third-order valence-electron chi connectivity index (χ3n) is 3.84. The number of nitrogens with zero attached hydrogens (tertiary/aromatic N) is 3. The second-order valence-electron chi connectivity index (χ2n) is 5.59. The maximum Gasteiger partial charge on any atom is 0.311 e. The number of rotatable bonds is 4. The van der Waals surface area contributed by atoms with Crippen molar-refractivity contribution in [1.82, 2.24) is 4.98 Å². The summed E-state index contributed by atoms with van der Waals surface area (Å²) in [4.78, 5) is 28.9. The van der Waals surface area contributed by atoms with Crippen molar-refractivity contribution in [2.24, 2.45) is 0 Å². The van der Waals surface area contributed by atoms with Gasteiger partial charge >= 0.3 is 5.69 Å². The van der Waals surface area contributed by atoms with E-state index in [1.165, 1.54) is 12.3 Å². The molecule has 8 heteroatoms. The van der Waals surface area contributed by atoms with Gasteiger partial charge in [0.05, 0.1) is 4.92 Å². The van der Waals surface area contributed by atoms with Gasteiger partial charge in [0, 0.05) is 29.5 Å². The van der Waals surface area contributed by atoms with Crippen LogP contribution in [0.2, 0.25) is 5.02 Å². The van der Waals surface area contributed by atoms with Crippen molar-refractivity contribution in [1.29, 1.82) is 0 Å². The van der Waals surface area contributed by atoms with Crippen LogP contribution in [0.1, 0.15) is 12.0 Å². The fourth-order valence-corrected chi connectivity index (χ4v) is 2.87. The van der Waals surface area contributed by atoms with Gasteiger partial charge in [-0.25, -0.2) is 4.98 Å². The minimum atomic E-state index is -0.558. The van der Waals surface area contributed by atoms with Crippen LogP contribution < -0.4 is 10.2 Å². The number of carbonyl (C=O) groups excluding carboxylic acids is 1. The third kappa shape index (κ3) is 3.16. The van der Waals surface area contributed by atoms with E-state index in [0.717, 1.165) is 0 Å². The molecule has 2 heterocycles. The molecule has 0 spiro atoms. The standard InChI is InChI=1S/C16H15ClN4O3/c1-10-7-14(21(23)24)15(18-9-10)19-13-5-6-20(16(13)22)12-4-2-3-11(17)8-12/h2-4,7-9,13H,5-6H2,1H3,(H,18,19). The van der Waals surface area contributed by atoms with Crippen LogP contribution in [0.3, 0.4) is 0 Å². The van der Waals surface area contributed by atoms with Gasteiger partial charge in [-0.2, -0.15) is 0 Å². The number of aromatic nitrogens is 1. The predicted molar refractivity (Wildman–Crippen MR) is 91.5 cm³/mol. The Morgan fingerprint density at radius 3 is 2.92 bits per heavy atom. The molecule has 1 aliphatic heterocycles. The summed E-state index contributed by atoms with van der Waals surface area (Å²) in [6, 6.07) is 7.91. The van der Waals surface area contributed by atoms with Gasteiger partial charge in [-0.15, -0.1) is 0 Å². The molecule has 24 heavy (non-hydrogen) atoms. The number of aryl methyl sites for hydroxylation is 1. The lowest BCUT2D eigenvalue weighted by molar-refractivity contribution is -0.384. The molecule has 1 aliphatic rings. The third-order valence-corrected chi connectivity index (χ3v) is 4.07. The van der Waals surface area contributed by atoms with Crippen LogP contribution in [-0.4, -0.2) is 28.4 Å². The van der Waals surface area contributed by atoms with Crippen LogP contribution in [0.25, 0.3) is 0 Å². The van der Waals surface area contributed by atoms with Gasteiger partial charge in [0.2, 0.25) is 11.7 Å². The normalized spacial score (nSPS) is 17.2. The smallest absolute Gasteiger partial charge is 0.311 e. The molecule has 1 saturated heterocycles. The first kappa shape index (κ1) is 16.2. The van der Waals surface area contributed by atoms with E-state index in [2.05, 4.69) is 10.3 Å². The molecule has 3 rings (SSSR count). The van der Waals surface area contributed by atoms with Crippen molar-refractivity contribution >= 4 is 34.7 Å². The molecule has 1 aromatic heterocycles. The molecule has 0 bridgehead atoms. The molecule has 1 aromatic carbocycles. The zero-order valence-corrected chi connectivity index (χ0v) is 13.7. The second-order valence-corrected chi connectivity index (χ2v) is 6.03. The minimum absolute atomic E-state index is 0.108. The molecule has 0 aliphatic carbocycles. The van der Waals surface area contributed by atoms with E-state index in [1.807, 2.05) is 0 Å². The number of anilines is 2. The van der Waals surface area contributed by atoms with E-state index < -0.39 is 11.0 Å². The number of halogens is 1. The van der Waals surface area contributed by atoms with Crippen molar-refractivity contribution in [3.8, 4) is 0 Å². The van der Waals surface area contributed by atoms with E-state index >= 15 is 0 Å². The summed E-state index contributed by atoms with van der Waals surface area (Å²) in [6.45, 7) is 2.24. The number of amides is 1. The maximum atomic E-state index is 12.6. The van der Waals surface area contributed by atoms with Crippen molar-refractivity contribution in [2.75, 3.05) is 16.8 Å². The molecule has 7 nitrogen and oxygen atoms in total. The van der Waals surface area contributed by atoms with Crippen molar-refractivity contribution in [3.05, 3.63) is 57.2 Å². The lowest BCUT2D eigenvalue weighted by Gasteiger charge is -2.17. The number of nitro groups is 1. The van der Waals surface area contributed by atoms with Crippen LogP contribution in [0, 0.1) is 17.0 Å². The van der Waals surface area contributed by atoms with Gasteiger partial charge in [0.15, 0.2) is 0 Å². The average molecular weight is 347 g/mol. The minimum Gasteiger partial charge on any atom is -0.353 e. The lowest BCUT2D eigenvalue weighted by Crippen LogP contribution is -2.33. The Kier molecular flexibility index (Phi) is 4.35. The zero-order valence-electron chi connectivity index (χ0n) is 12.9. The Labute approximate surface area is 143 Å². The first-order valence-corrected chi connectivity index (χ1v) is 7.78. The summed E-state index contributed by atoms with van der Waals surface area (Å²) in [5.41, 5.74) is 1.26. The Morgan fingerprint density at radius 2 is 2.21 bits per heavy atom. The molecule has 2 aromatic rings. The maximum absolute atomic E-state index is 12.6. The summed E-state index contributed by atoms with van der Waals surface area (Å²) in [7, 11) is 0. The average Bonchev–Trinajstić information content (AvgIpc) is 2.90. The summed E-state index contributed by atoms with van der Waals surface area (Å²) in [6.07, 6.45) is 2.06. The quantitative estimate of drug-likeness (QED) is 0.678. The summed E-state index contributed by atoms with van der Waals surface area (Å²) in [5.74, 6) is -0.0502. The highest BCUT2D eigenvalue weighted by Gasteiger charge is 2.34. The summed E-state index contributed by atoms with van der Waals surface area (Å²) >= 11 is 5.97. The van der Waals surface area contributed by atoms with Crippen LogP contribution in [0.4, 0.5) is 17.2 Å². The number of pyridine rings is 1. The van der Waals surface area contributed by atoms with Crippen LogP contribution in [-0.2, 0) is 4.79 Å². The van der Waals surface area contributed by atoms with Crippen LogP contribution >= 0.6 is 11.6 Å². The molecule has 1 fully saturated rings. The van der Waals surface area contributed by atoms with E-state index in [1.54, 1.807) is 36.1 Å². The van der Waals surface area contributed by atoms with Crippen molar-refractivity contribution < 1.29 is 9.72 Å². The molecule has 1 atom stereocenters. The molecular formula is C16H15ClN4O3. The van der Waals surface area contributed by atoms with Crippen LogP contribution in [0.15, 0.2) is 36.5 Å². The molecule has 1 N–H and O–H groups in total. The molecule has 124 valence electrons. The number of benzene rings is 1. The van der Waals surface area contributed by atoms with Gasteiger partial charge in [0.25, 0.3) is 0 Å². The van der Waals surface area contributed by atoms with E-state index in [4.69, 9.17) is 11.6 Å². The van der Waals surface area contributed by atoms with Crippen molar-refractivity contribution in [2.45, 2.75) is 19.4 Å². The van der Waals surface area contributed by atoms with Gasteiger partial charge in [-0.05, 0) is 37.1 Å². The number of nitrogens with one attached hydrogen (secondary N) is 1. The van der Waals surface area contributed by atoms with E-state index in [-0.39, 0.29) is 17.4 Å². The Morgan fingerprint density at radius 1 is 1.42 bits per heavy atom. The molecule has 0 saturated carbocycles. The van der Waals surface area contributed by atoms with Gasteiger partial charge < -0.3 is 10.2 Å². The Hall–Kier alpha value is -2.67. The highest BCUT2D eigenvalue weighted by molar-refractivity contribution is 6.31. The predicted octanol–water partition coefficient (Wildman–Crippen LogP) is 3.17. The Balaban J connectivity index is 1.81. The first-order valence-electron chi connectivity index (χ1n) is 7.40. The van der Waals surface area contributed by atoms with Crippen LogP contribution in [0.5, 0.6) is 0 Å². The number of hydrogen-bond acceptors (Lipinski definition) is 5. The molecule has 0 radical (unpaired) electrons. The topological polar surface area (TPSA) is 88.4 Å². The van der Waals surface area contributed by atoms with E-state index in [0.29, 0.717) is 29.2 Å². The lowest BCUT2D eigenvalue weighted by atomic mass is 10.2. The van der Waals surface area contributed by atoms with Gasteiger partial charge in [-0.1, -0.05) is 17.7 Å². The van der Waals surface area contributed by atoms with Gasteiger partial charge in [0.1, 0.15) is 6.04 Å². The fourth-order valence-electron chi connectivity index (χ4n) is 2.68. The highest BCUT2D eigenvalue weighted by Crippen LogP contribution is 2.28. The Bertz CT molecular complexity index is 812. The molecular weight excluding hydrogens is 332 g/mol. The number of hydrogen-bond donors (Lipinski definition) is 1. The van der Waals surface area contributed by atoms with Crippen molar-refractivity contribution in [3.63, 3.8) is 0 Å². The zero-order chi connectivity index (χ0) is 17.3.